The number of piperidine rings is 1. The third-order valence-electron chi connectivity index (χ3n) is 2.78. The molecule has 1 aliphatic heterocycles. The highest BCUT2D eigenvalue weighted by molar-refractivity contribution is 5.37. The van der Waals surface area contributed by atoms with E-state index in [4.69, 9.17) is 0 Å². The predicted octanol–water partition coefficient (Wildman–Crippen LogP) is 2.14. The standard InChI is InChI=1S/C11H13F2NO/c12-8-4-9(13)11(10(15)5-8)7-2-1-3-14-6-7/h4-5,7,14-15H,1-3,6H2. The number of hydrogen-bond acceptors (Lipinski definition) is 2. The van der Waals surface area contributed by atoms with Gasteiger partial charge in [-0.3, -0.25) is 0 Å². The van der Waals surface area contributed by atoms with Crippen molar-refractivity contribution in [2.45, 2.75) is 18.8 Å². The first-order valence-corrected chi connectivity index (χ1v) is 5.07. The molecule has 4 heteroatoms. The molecule has 82 valence electrons. The van der Waals surface area contributed by atoms with E-state index in [0.29, 0.717) is 6.54 Å². The van der Waals surface area contributed by atoms with E-state index in [1.54, 1.807) is 0 Å². The lowest BCUT2D eigenvalue weighted by Crippen LogP contribution is -2.28. The third kappa shape index (κ3) is 2.09. The molecule has 0 aromatic heterocycles. The van der Waals surface area contributed by atoms with Crippen LogP contribution in [0.2, 0.25) is 0 Å². The van der Waals surface area contributed by atoms with Crippen LogP contribution < -0.4 is 5.32 Å². The molecule has 2 rings (SSSR count). The van der Waals surface area contributed by atoms with Gasteiger partial charge in [-0.1, -0.05) is 0 Å². The van der Waals surface area contributed by atoms with Gasteiger partial charge in [-0.05, 0) is 19.4 Å². The fourth-order valence-electron chi connectivity index (χ4n) is 2.07. The smallest absolute Gasteiger partial charge is 0.133 e. The van der Waals surface area contributed by atoms with Crippen LogP contribution in [0.4, 0.5) is 8.78 Å². The molecule has 1 aliphatic rings. The largest absolute Gasteiger partial charge is 0.507 e. The second kappa shape index (κ2) is 4.14. The summed E-state index contributed by atoms with van der Waals surface area (Å²) in [6, 6.07) is 1.79. The number of nitrogens with one attached hydrogen (secondary N) is 1. The summed E-state index contributed by atoms with van der Waals surface area (Å²) in [5.41, 5.74) is 0.239. The zero-order valence-electron chi connectivity index (χ0n) is 8.26. The van der Waals surface area contributed by atoms with Crippen LogP contribution in [0, 0.1) is 11.6 Å². The Bertz CT molecular complexity index is 339. The van der Waals surface area contributed by atoms with Gasteiger partial charge < -0.3 is 10.4 Å². The molecule has 0 spiro atoms. The van der Waals surface area contributed by atoms with Gasteiger partial charge in [-0.2, -0.15) is 0 Å². The van der Waals surface area contributed by atoms with Crippen LogP contribution in [-0.2, 0) is 0 Å². The first kappa shape index (κ1) is 10.4. The molecule has 1 aromatic carbocycles. The van der Waals surface area contributed by atoms with Crippen molar-refractivity contribution >= 4 is 0 Å². The molecule has 0 aliphatic carbocycles. The lowest BCUT2D eigenvalue weighted by atomic mass is 9.90. The van der Waals surface area contributed by atoms with Gasteiger partial charge in [0.05, 0.1) is 0 Å². The van der Waals surface area contributed by atoms with Crippen molar-refractivity contribution in [2.75, 3.05) is 13.1 Å². The van der Waals surface area contributed by atoms with Gasteiger partial charge in [0.25, 0.3) is 0 Å². The minimum atomic E-state index is -0.738. The quantitative estimate of drug-likeness (QED) is 0.749. The topological polar surface area (TPSA) is 32.3 Å². The Morgan fingerprint density at radius 1 is 1.33 bits per heavy atom. The Balaban J connectivity index is 2.33. The highest BCUT2D eigenvalue weighted by Gasteiger charge is 2.22. The van der Waals surface area contributed by atoms with E-state index < -0.39 is 11.6 Å². The molecular formula is C11H13F2NO. The third-order valence-corrected chi connectivity index (χ3v) is 2.78. The van der Waals surface area contributed by atoms with Crippen molar-refractivity contribution in [1.29, 1.82) is 0 Å². The predicted molar refractivity (Wildman–Crippen MR) is 52.9 cm³/mol. The van der Waals surface area contributed by atoms with Crippen molar-refractivity contribution in [2.24, 2.45) is 0 Å². The monoisotopic (exact) mass is 213 g/mol. The summed E-state index contributed by atoms with van der Waals surface area (Å²) >= 11 is 0. The molecule has 2 N–H and O–H groups in total. The van der Waals surface area contributed by atoms with Crippen molar-refractivity contribution in [3.8, 4) is 5.75 Å². The molecule has 2 nitrogen and oxygen atoms in total. The molecule has 0 bridgehead atoms. The summed E-state index contributed by atoms with van der Waals surface area (Å²) in [6.45, 7) is 1.55. The number of rotatable bonds is 1. The van der Waals surface area contributed by atoms with Crippen LogP contribution in [0.5, 0.6) is 5.75 Å². The molecule has 0 radical (unpaired) electrons. The molecule has 15 heavy (non-hydrogen) atoms. The van der Waals surface area contributed by atoms with Crippen LogP contribution in [0.3, 0.4) is 0 Å². The molecule has 0 amide bonds. The summed E-state index contributed by atoms with van der Waals surface area (Å²) in [4.78, 5) is 0. The summed E-state index contributed by atoms with van der Waals surface area (Å²) in [5, 5.41) is 12.6. The van der Waals surface area contributed by atoms with Crippen molar-refractivity contribution in [3.05, 3.63) is 29.3 Å². The molecule has 1 atom stereocenters. The molecule has 0 saturated carbocycles. The number of phenolic OH excluding ortho intramolecular Hbond substituents is 1. The average molecular weight is 213 g/mol. The molecule has 1 unspecified atom stereocenters. The number of hydrogen-bond donors (Lipinski definition) is 2. The second-order valence-electron chi connectivity index (χ2n) is 3.86. The van der Waals surface area contributed by atoms with Gasteiger partial charge in [-0.15, -0.1) is 0 Å². The highest BCUT2D eigenvalue weighted by Crippen LogP contribution is 2.33. The Morgan fingerprint density at radius 2 is 2.13 bits per heavy atom. The molecule has 1 fully saturated rings. The number of halogens is 2. The van der Waals surface area contributed by atoms with Gasteiger partial charge >= 0.3 is 0 Å². The lowest BCUT2D eigenvalue weighted by Gasteiger charge is -2.24. The van der Waals surface area contributed by atoms with E-state index >= 15 is 0 Å². The number of aromatic hydroxyl groups is 1. The van der Waals surface area contributed by atoms with Crippen LogP contribution in [0.25, 0.3) is 0 Å². The Hall–Kier alpha value is -1.16. The summed E-state index contributed by atoms with van der Waals surface area (Å²) < 4.78 is 26.2. The summed E-state index contributed by atoms with van der Waals surface area (Å²) in [6.07, 6.45) is 1.77. The number of phenols is 1. The van der Waals surface area contributed by atoms with Crippen LogP contribution >= 0.6 is 0 Å². The molecule has 1 saturated heterocycles. The fraction of sp³-hybridized carbons (Fsp3) is 0.455. The van der Waals surface area contributed by atoms with E-state index in [1.165, 1.54) is 0 Å². The Morgan fingerprint density at radius 3 is 2.73 bits per heavy atom. The van der Waals surface area contributed by atoms with Crippen molar-refractivity contribution in [1.82, 2.24) is 5.32 Å². The van der Waals surface area contributed by atoms with Crippen LogP contribution in [0.1, 0.15) is 24.3 Å². The van der Waals surface area contributed by atoms with Gasteiger partial charge in [0, 0.05) is 30.2 Å². The molecule has 1 heterocycles. The summed E-state index contributed by atoms with van der Waals surface area (Å²) in [5.74, 6) is -1.72. The van der Waals surface area contributed by atoms with E-state index in [9.17, 15) is 13.9 Å². The van der Waals surface area contributed by atoms with E-state index in [-0.39, 0.29) is 17.2 Å². The number of benzene rings is 1. The van der Waals surface area contributed by atoms with Crippen LogP contribution in [-0.4, -0.2) is 18.2 Å². The lowest BCUT2D eigenvalue weighted by molar-refractivity contribution is 0.405. The highest BCUT2D eigenvalue weighted by atomic mass is 19.1. The van der Waals surface area contributed by atoms with Crippen LogP contribution in [0.15, 0.2) is 12.1 Å². The Labute approximate surface area is 86.9 Å². The van der Waals surface area contributed by atoms with Gasteiger partial charge in [0.15, 0.2) is 0 Å². The van der Waals surface area contributed by atoms with Gasteiger partial charge in [0.1, 0.15) is 17.4 Å². The SMILES string of the molecule is Oc1cc(F)cc(F)c1C1CCCNC1. The minimum Gasteiger partial charge on any atom is -0.507 e. The second-order valence-corrected chi connectivity index (χ2v) is 3.86. The normalized spacial score (nSPS) is 21.6. The van der Waals surface area contributed by atoms with Gasteiger partial charge in [-0.25, -0.2) is 8.78 Å². The Kier molecular flexibility index (Phi) is 2.86. The molecule has 1 aromatic rings. The van der Waals surface area contributed by atoms with E-state index in [0.717, 1.165) is 31.5 Å². The molecular weight excluding hydrogens is 200 g/mol. The van der Waals surface area contributed by atoms with Gasteiger partial charge in [0.2, 0.25) is 0 Å². The zero-order chi connectivity index (χ0) is 10.8. The average Bonchev–Trinajstić information content (AvgIpc) is 2.17. The zero-order valence-corrected chi connectivity index (χ0v) is 8.26. The fourth-order valence-corrected chi connectivity index (χ4v) is 2.07. The maximum atomic E-state index is 13.5. The van der Waals surface area contributed by atoms with Crippen molar-refractivity contribution in [3.63, 3.8) is 0 Å². The van der Waals surface area contributed by atoms with E-state index in [1.807, 2.05) is 0 Å². The van der Waals surface area contributed by atoms with Crippen molar-refractivity contribution < 1.29 is 13.9 Å². The summed E-state index contributed by atoms with van der Waals surface area (Å²) in [7, 11) is 0. The first-order valence-electron chi connectivity index (χ1n) is 5.07. The first-order chi connectivity index (χ1) is 7.18. The maximum absolute atomic E-state index is 13.5. The minimum absolute atomic E-state index is 0.0562. The maximum Gasteiger partial charge on any atom is 0.133 e. The van der Waals surface area contributed by atoms with E-state index in [2.05, 4.69) is 5.32 Å².